The number of benzene rings is 1. The van der Waals surface area contributed by atoms with Crippen molar-refractivity contribution in [2.45, 2.75) is 6.54 Å². The Bertz CT molecular complexity index is 416. The fourth-order valence-corrected chi connectivity index (χ4v) is 2.31. The molecular weight excluding hydrogens is 286 g/mol. The molecular formula is C12H14BrNO3. The van der Waals surface area contributed by atoms with Crippen LogP contribution in [-0.4, -0.2) is 42.3 Å². The minimum Gasteiger partial charge on any atom is -0.478 e. The zero-order valence-electron chi connectivity index (χ0n) is 9.36. The van der Waals surface area contributed by atoms with Crippen molar-refractivity contribution in [3.8, 4) is 0 Å². The highest BCUT2D eigenvalue weighted by atomic mass is 79.9. The van der Waals surface area contributed by atoms with Gasteiger partial charge in [-0.3, -0.25) is 4.90 Å². The average molecular weight is 300 g/mol. The molecule has 0 amide bonds. The van der Waals surface area contributed by atoms with Crippen LogP contribution in [0.5, 0.6) is 0 Å². The number of halogens is 1. The molecule has 1 aliphatic rings. The number of carboxylic acid groups (broad SMARTS) is 1. The van der Waals surface area contributed by atoms with Gasteiger partial charge in [-0.25, -0.2) is 4.79 Å². The minimum atomic E-state index is -0.899. The Labute approximate surface area is 108 Å². The predicted molar refractivity (Wildman–Crippen MR) is 67.2 cm³/mol. The minimum absolute atomic E-state index is 0.308. The first-order valence-electron chi connectivity index (χ1n) is 5.48. The molecule has 1 fully saturated rings. The summed E-state index contributed by atoms with van der Waals surface area (Å²) in [7, 11) is 0. The molecule has 0 spiro atoms. The van der Waals surface area contributed by atoms with Crippen LogP contribution < -0.4 is 0 Å². The van der Waals surface area contributed by atoms with Crippen LogP contribution >= 0.6 is 15.9 Å². The lowest BCUT2D eigenvalue weighted by molar-refractivity contribution is 0.0341. The van der Waals surface area contributed by atoms with Crippen LogP contribution in [0.25, 0.3) is 0 Å². The molecule has 1 aromatic carbocycles. The summed E-state index contributed by atoms with van der Waals surface area (Å²) in [6, 6.07) is 5.16. The van der Waals surface area contributed by atoms with Gasteiger partial charge in [0.05, 0.1) is 18.8 Å². The third-order valence-corrected chi connectivity index (χ3v) is 3.54. The van der Waals surface area contributed by atoms with Gasteiger partial charge in [-0.2, -0.15) is 0 Å². The van der Waals surface area contributed by atoms with E-state index >= 15 is 0 Å². The Morgan fingerprint density at radius 3 is 2.71 bits per heavy atom. The molecule has 17 heavy (non-hydrogen) atoms. The van der Waals surface area contributed by atoms with Crippen molar-refractivity contribution in [3.63, 3.8) is 0 Å². The second-order valence-electron chi connectivity index (χ2n) is 4.00. The maximum Gasteiger partial charge on any atom is 0.335 e. The van der Waals surface area contributed by atoms with E-state index in [2.05, 4.69) is 20.8 Å². The van der Waals surface area contributed by atoms with E-state index in [9.17, 15) is 4.79 Å². The van der Waals surface area contributed by atoms with E-state index < -0.39 is 5.97 Å². The molecule has 2 rings (SSSR count). The summed E-state index contributed by atoms with van der Waals surface area (Å²) >= 11 is 3.42. The second-order valence-corrected chi connectivity index (χ2v) is 4.85. The lowest BCUT2D eigenvalue weighted by Gasteiger charge is -2.26. The van der Waals surface area contributed by atoms with Gasteiger partial charge in [0.25, 0.3) is 0 Å². The standard InChI is InChI=1S/C12H14BrNO3/c13-11-7-9(12(15)16)1-2-10(11)8-14-3-5-17-6-4-14/h1-2,7H,3-6,8H2,(H,15,16). The molecule has 0 atom stereocenters. The topological polar surface area (TPSA) is 49.8 Å². The molecule has 0 saturated carbocycles. The maximum atomic E-state index is 10.8. The predicted octanol–water partition coefficient (Wildman–Crippen LogP) is 1.98. The van der Waals surface area contributed by atoms with Crippen LogP contribution in [0.1, 0.15) is 15.9 Å². The highest BCUT2D eigenvalue weighted by Gasteiger charge is 2.13. The van der Waals surface area contributed by atoms with Crippen molar-refractivity contribution in [1.29, 1.82) is 0 Å². The largest absolute Gasteiger partial charge is 0.478 e. The molecule has 92 valence electrons. The second kappa shape index (κ2) is 5.62. The molecule has 0 aromatic heterocycles. The Morgan fingerprint density at radius 2 is 2.12 bits per heavy atom. The Hall–Kier alpha value is -0.910. The molecule has 1 N–H and O–H groups in total. The van der Waals surface area contributed by atoms with Crippen LogP contribution in [0.2, 0.25) is 0 Å². The summed E-state index contributed by atoms with van der Waals surface area (Å²) < 4.78 is 6.14. The number of morpholine rings is 1. The highest BCUT2D eigenvalue weighted by molar-refractivity contribution is 9.10. The van der Waals surface area contributed by atoms with Crippen LogP contribution in [0.4, 0.5) is 0 Å². The molecule has 4 nitrogen and oxygen atoms in total. The van der Waals surface area contributed by atoms with Crippen LogP contribution in [-0.2, 0) is 11.3 Å². The lowest BCUT2D eigenvalue weighted by Crippen LogP contribution is -2.35. The third kappa shape index (κ3) is 3.28. The summed E-state index contributed by atoms with van der Waals surface area (Å²) in [6.45, 7) is 4.21. The summed E-state index contributed by atoms with van der Waals surface area (Å²) in [5.74, 6) is -0.899. The summed E-state index contributed by atoms with van der Waals surface area (Å²) in [4.78, 5) is 13.1. The van der Waals surface area contributed by atoms with Gasteiger partial charge in [-0.1, -0.05) is 22.0 Å². The van der Waals surface area contributed by atoms with Gasteiger partial charge < -0.3 is 9.84 Å². The fourth-order valence-electron chi connectivity index (χ4n) is 1.81. The molecule has 5 heteroatoms. The van der Waals surface area contributed by atoms with Gasteiger partial charge in [0.2, 0.25) is 0 Å². The number of rotatable bonds is 3. The first-order valence-corrected chi connectivity index (χ1v) is 6.28. The van der Waals surface area contributed by atoms with Crippen molar-refractivity contribution >= 4 is 21.9 Å². The van der Waals surface area contributed by atoms with Gasteiger partial charge in [0.15, 0.2) is 0 Å². The average Bonchev–Trinajstić information content (AvgIpc) is 2.33. The quantitative estimate of drug-likeness (QED) is 0.927. The van der Waals surface area contributed by atoms with Crippen molar-refractivity contribution in [2.75, 3.05) is 26.3 Å². The number of carboxylic acids is 1. The van der Waals surface area contributed by atoms with E-state index in [4.69, 9.17) is 9.84 Å². The number of nitrogens with zero attached hydrogens (tertiary/aromatic N) is 1. The molecule has 0 unspecified atom stereocenters. The van der Waals surface area contributed by atoms with E-state index in [0.29, 0.717) is 5.56 Å². The van der Waals surface area contributed by atoms with Gasteiger partial charge in [-0.15, -0.1) is 0 Å². The summed E-state index contributed by atoms with van der Waals surface area (Å²) in [5, 5.41) is 8.87. The summed E-state index contributed by atoms with van der Waals surface area (Å²) in [5.41, 5.74) is 1.42. The van der Waals surface area contributed by atoms with Crippen LogP contribution in [0, 0.1) is 0 Å². The molecule has 0 radical (unpaired) electrons. The van der Waals surface area contributed by atoms with Gasteiger partial charge in [-0.05, 0) is 17.7 Å². The number of hydrogen-bond donors (Lipinski definition) is 1. The number of carbonyl (C=O) groups is 1. The van der Waals surface area contributed by atoms with E-state index in [-0.39, 0.29) is 0 Å². The van der Waals surface area contributed by atoms with Crippen molar-refractivity contribution in [1.82, 2.24) is 4.90 Å². The van der Waals surface area contributed by atoms with Gasteiger partial charge in [0, 0.05) is 24.1 Å². The molecule has 0 aliphatic carbocycles. The van der Waals surface area contributed by atoms with Gasteiger partial charge >= 0.3 is 5.97 Å². The smallest absolute Gasteiger partial charge is 0.335 e. The highest BCUT2D eigenvalue weighted by Crippen LogP contribution is 2.20. The van der Waals surface area contributed by atoms with Crippen LogP contribution in [0.3, 0.4) is 0 Å². The maximum absolute atomic E-state index is 10.8. The number of hydrogen-bond acceptors (Lipinski definition) is 3. The molecule has 1 heterocycles. The van der Waals surface area contributed by atoms with Crippen molar-refractivity contribution in [3.05, 3.63) is 33.8 Å². The first kappa shape index (κ1) is 12.5. The van der Waals surface area contributed by atoms with E-state index in [1.807, 2.05) is 6.07 Å². The van der Waals surface area contributed by atoms with Crippen molar-refractivity contribution < 1.29 is 14.6 Å². The zero-order valence-corrected chi connectivity index (χ0v) is 10.9. The van der Waals surface area contributed by atoms with Gasteiger partial charge in [0.1, 0.15) is 0 Å². The summed E-state index contributed by atoms with van der Waals surface area (Å²) in [6.07, 6.45) is 0. The SMILES string of the molecule is O=C(O)c1ccc(CN2CCOCC2)c(Br)c1. The van der Waals surface area contributed by atoms with E-state index in [1.165, 1.54) is 0 Å². The van der Waals surface area contributed by atoms with Crippen molar-refractivity contribution in [2.24, 2.45) is 0 Å². The van der Waals surface area contributed by atoms with Crippen LogP contribution in [0.15, 0.2) is 22.7 Å². The third-order valence-electron chi connectivity index (χ3n) is 2.80. The van der Waals surface area contributed by atoms with E-state index in [1.54, 1.807) is 12.1 Å². The molecule has 1 aliphatic heterocycles. The molecule has 1 saturated heterocycles. The van der Waals surface area contributed by atoms with E-state index in [0.717, 1.165) is 42.9 Å². The Kier molecular flexibility index (Phi) is 4.15. The fraction of sp³-hybridized carbons (Fsp3) is 0.417. The molecule has 1 aromatic rings. The Morgan fingerprint density at radius 1 is 1.41 bits per heavy atom. The molecule has 0 bridgehead atoms. The monoisotopic (exact) mass is 299 g/mol. The number of ether oxygens (including phenoxy) is 1. The normalized spacial score (nSPS) is 17.0. The zero-order chi connectivity index (χ0) is 12.3. The Balaban J connectivity index is 2.08. The number of aromatic carboxylic acids is 1. The lowest BCUT2D eigenvalue weighted by atomic mass is 10.1. The first-order chi connectivity index (χ1) is 8.16.